The highest BCUT2D eigenvalue weighted by Crippen LogP contribution is 2.29. The fraction of sp³-hybridized carbons (Fsp3) is 0.0455. The number of hydrogen-bond acceptors (Lipinski definition) is 6. The van der Waals surface area contributed by atoms with Crippen LogP contribution >= 0.6 is 0 Å². The molecule has 0 aliphatic carbocycles. The number of hydrogen-bond donors (Lipinski definition) is 2. The van der Waals surface area contributed by atoms with Gasteiger partial charge in [0.05, 0.1) is 15.5 Å². The second-order valence-corrected chi connectivity index (χ2v) is 8.64. The Labute approximate surface area is 184 Å². The molecular formula is C22H19N3O6S. The molecule has 0 saturated heterocycles. The fourth-order valence-electron chi connectivity index (χ4n) is 3.02. The highest BCUT2D eigenvalue weighted by Gasteiger charge is 2.23. The van der Waals surface area contributed by atoms with Gasteiger partial charge in [-0.25, -0.2) is 13.9 Å². The molecule has 32 heavy (non-hydrogen) atoms. The van der Waals surface area contributed by atoms with E-state index in [1.807, 2.05) is 6.07 Å². The largest absolute Gasteiger partial charge is 0.288 e. The molecule has 0 heterocycles. The van der Waals surface area contributed by atoms with E-state index in [0.717, 1.165) is 16.4 Å². The summed E-state index contributed by atoms with van der Waals surface area (Å²) in [6.07, 6.45) is 1.21. The minimum atomic E-state index is -4.00. The highest BCUT2D eigenvalue weighted by atomic mass is 32.2. The number of nitro benzene ring substituents is 1. The van der Waals surface area contributed by atoms with Gasteiger partial charge in [-0.1, -0.05) is 42.5 Å². The molecule has 0 unspecified atom stereocenters. The summed E-state index contributed by atoms with van der Waals surface area (Å²) in [4.78, 5) is 21.9. The van der Waals surface area contributed by atoms with Gasteiger partial charge in [-0.15, -0.1) is 0 Å². The van der Waals surface area contributed by atoms with Crippen LogP contribution in [0.4, 0.5) is 11.4 Å². The van der Waals surface area contributed by atoms with E-state index in [9.17, 15) is 23.3 Å². The summed E-state index contributed by atoms with van der Waals surface area (Å²) in [5, 5.41) is 19.8. The summed E-state index contributed by atoms with van der Waals surface area (Å²) in [5.74, 6) is -0.735. The highest BCUT2D eigenvalue weighted by molar-refractivity contribution is 7.92. The molecule has 3 rings (SSSR count). The molecule has 0 fully saturated rings. The van der Waals surface area contributed by atoms with Crippen molar-refractivity contribution in [1.29, 1.82) is 0 Å². The molecule has 0 saturated carbocycles. The summed E-state index contributed by atoms with van der Waals surface area (Å²) in [6.45, 7) is 0. The van der Waals surface area contributed by atoms with Crippen LogP contribution in [0.5, 0.6) is 0 Å². The Morgan fingerprint density at radius 1 is 1.00 bits per heavy atom. The zero-order valence-electron chi connectivity index (χ0n) is 16.9. The van der Waals surface area contributed by atoms with E-state index in [0.29, 0.717) is 22.4 Å². The molecule has 0 aliphatic rings. The Bertz CT molecular complexity index is 1270. The van der Waals surface area contributed by atoms with Gasteiger partial charge >= 0.3 is 0 Å². The third-order valence-electron chi connectivity index (χ3n) is 4.70. The minimum absolute atomic E-state index is 0.102. The molecule has 0 aromatic heterocycles. The number of carbonyl (C=O) groups is 1. The zero-order valence-corrected chi connectivity index (χ0v) is 17.7. The maximum absolute atomic E-state index is 13.0. The molecule has 0 spiro atoms. The SMILES string of the molecule is CN(c1cccc(C(=CC(=O)NO)c2ccccc2)c1)S(=O)(=O)c1ccc([N+](=O)[O-])cc1. The van der Waals surface area contributed by atoms with Crippen molar-refractivity contribution in [3.05, 3.63) is 106 Å². The summed E-state index contributed by atoms with van der Waals surface area (Å²) in [6, 6.07) is 20.1. The van der Waals surface area contributed by atoms with E-state index in [4.69, 9.17) is 5.21 Å². The van der Waals surface area contributed by atoms with E-state index in [-0.39, 0.29) is 10.6 Å². The predicted octanol–water partition coefficient (Wildman–Crippen LogP) is 3.36. The van der Waals surface area contributed by atoms with Gasteiger partial charge in [0, 0.05) is 25.3 Å². The monoisotopic (exact) mass is 453 g/mol. The quantitative estimate of drug-likeness (QED) is 0.244. The average Bonchev–Trinajstić information content (AvgIpc) is 2.82. The molecule has 0 aliphatic heterocycles. The second-order valence-electron chi connectivity index (χ2n) is 6.67. The number of anilines is 1. The first kappa shape index (κ1) is 22.7. The Hall–Kier alpha value is -4.02. The molecule has 0 atom stereocenters. The number of non-ortho nitro benzene ring substituents is 1. The summed E-state index contributed by atoms with van der Waals surface area (Å²) in [7, 11) is -2.63. The van der Waals surface area contributed by atoms with Crippen LogP contribution < -0.4 is 9.79 Å². The summed E-state index contributed by atoms with van der Waals surface area (Å²) < 4.78 is 27.1. The minimum Gasteiger partial charge on any atom is -0.288 e. The lowest BCUT2D eigenvalue weighted by Crippen LogP contribution is -2.26. The van der Waals surface area contributed by atoms with Crippen LogP contribution in [0.2, 0.25) is 0 Å². The van der Waals surface area contributed by atoms with E-state index in [1.54, 1.807) is 54.0 Å². The number of rotatable bonds is 7. The number of benzene rings is 3. The van der Waals surface area contributed by atoms with Crippen molar-refractivity contribution in [2.45, 2.75) is 4.90 Å². The van der Waals surface area contributed by atoms with Crippen LogP contribution in [0.25, 0.3) is 5.57 Å². The van der Waals surface area contributed by atoms with Crippen molar-refractivity contribution >= 4 is 32.9 Å². The molecular weight excluding hydrogens is 434 g/mol. The number of amides is 1. The van der Waals surface area contributed by atoms with Gasteiger partial charge in [0.1, 0.15) is 0 Å². The lowest BCUT2D eigenvalue weighted by atomic mass is 9.97. The van der Waals surface area contributed by atoms with E-state index < -0.39 is 20.9 Å². The second kappa shape index (κ2) is 9.41. The third kappa shape index (κ3) is 4.82. The molecule has 3 aromatic carbocycles. The van der Waals surface area contributed by atoms with Crippen molar-refractivity contribution in [2.75, 3.05) is 11.4 Å². The van der Waals surface area contributed by atoms with E-state index in [2.05, 4.69) is 0 Å². The van der Waals surface area contributed by atoms with Crippen LogP contribution in [-0.4, -0.2) is 31.5 Å². The zero-order chi connectivity index (χ0) is 23.3. The Kier molecular flexibility index (Phi) is 6.67. The maximum atomic E-state index is 13.0. The van der Waals surface area contributed by atoms with Gasteiger partial charge in [-0.2, -0.15) is 0 Å². The van der Waals surface area contributed by atoms with Crippen LogP contribution in [-0.2, 0) is 14.8 Å². The van der Waals surface area contributed by atoms with Gasteiger partial charge in [-0.3, -0.25) is 24.4 Å². The first-order valence-electron chi connectivity index (χ1n) is 9.29. The van der Waals surface area contributed by atoms with Crippen LogP contribution in [0.1, 0.15) is 11.1 Å². The Morgan fingerprint density at radius 3 is 2.22 bits per heavy atom. The number of hydroxylamine groups is 1. The van der Waals surface area contributed by atoms with Gasteiger partial charge in [0.15, 0.2) is 0 Å². The number of nitrogens with one attached hydrogen (secondary N) is 1. The van der Waals surface area contributed by atoms with E-state index >= 15 is 0 Å². The number of carbonyl (C=O) groups excluding carboxylic acids is 1. The van der Waals surface area contributed by atoms with Crippen molar-refractivity contribution in [3.63, 3.8) is 0 Å². The van der Waals surface area contributed by atoms with Gasteiger partial charge in [0.25, 0.3) is 21.6 Å². The molecule has 0 radical (unpaired) electrons. The molecule has 10 heteroatoms. The number of sulfonamides is 1. The van der Waals surface area contributed by atoms with Gasteiger partial charge in [-0.05, 0) is 41.0 Å². The van der Waals surface area contributed by atoms with Crippen molar-refractivity contribution in [2.24, 2.45) is 0 Å². The topological polar surface area (TPSA) is 130 Å². The number of nitrogens with zero attached hydrogens (tertiary/aromatic N) is 2. The first-order valence-corrected chi connectivity index (χ1v) is 10.7. The molecule has 0 bridgehead atoms. The lowest BCUT2D eigenvalue weighted by Gasteiger charge is -2.20. The first-order chi connectivity index (χ1) is 15.2. The predicted molar refractivity (Wildman–Crippen MR) is 119 cm³/mol. The summed E-state index contributed by atoms with van der Waals surface area (Å²) >= 11 is 0. The van der Waals surface area contributed by atoms with Gasteiger partial charge < -0.3 is 0 Å². The Balaban J connectivity index is 2.02. The van der Waals surface area contributed by atoms with Crippen LogP contribution in [0, 0.1) is 10.1 Å². The molecule has 2 N–H and O–H groups in total. The standard InChI is InChI=1S/C22H19N3O6S/c1-24(32(30,31)20-12-10-18(11-13-20)25(28)29)19-9-5-8-17(14-19)21(15-22(26)23-27)16-6-3-2-4-7-16/h2-15,27H,1H3,(H,23,26). The third-order valence-corrected chi connectivity index (χ3v) is 6.50. The maximum Gasteiger partial charge on any atom is 0.269 e. The van der Waals surface area contributed by atoms with Crippen molar-refractivity contribution in [3.8, 4) is 0 Å². The van der Waals surface area contributed by atoms with Crippen molar-refractivity contribution < 1.29 is 23.3 Å². The molecule has 9 nitrogen and oxygen atoms in total. The summed E-state index contributed by atoms with van der Waals surface area (Å²) in [5.41, 5.74) is 3.36. The molecule has 1 amide bonds. The smallest absolute Gasteiger partial charge is 0.269 e. The average molecular weight is 453 g/mol. The molecule has 3 aromatic rings. The fourth-order valence-corrected chi connectivity index (χ4v) is 4.21. The normalized spacial score (nSPS) is 11.6. The van der Waals surface area contributed by atoms with Crippen molar-refractivity contribution in [1.82, 2.24) is 5.48 Å². The lowest BCUT2D eigenvalue weighted by molar-refractivity contribution is -0.384. The number of nitro groups is 1. The Morgan fingerprint density at radius 2 is 1.62 bits per heavy atom. The van der Waals surface area contributed by atoms with E-state index in [1.165, 1.54) is 25.3 Å². The van der Waals surface area contributed by atoms with Crippen LogP contribution in [0.3, 0.4) is 0 Å². The molecule has 164 valence electrons. The van der Waals surface area contributed by atoms with Gasteiger partial charge in [0.2, 0.25) is 0 Å². The van der Waals surface area contributed by atoms with Crippen LogP contribution in [0.15, 0.2) is 89.8 Å².